The lowest BCUT2D eigenvalue weighted by molar-refractivity contribution is 0.169. The SMILES string of the molecule is N#CC1COC2=C(CCC=C2)C1. The largest absolute Gasteiger partial charge is 0.492 e. The van der Waals surface area contributed by atoms with E-state index in [1.54, 1.807) is 0 Å². The molecule has 0 aromatic rings. The topological polar surface area (TPSA) is 33.0 Å². The lowest BCUT2D eigenvalue weighted by Gasteiger charge is -2.24. The van der Waals surface area contributed by atoms with Crippen molar-refractivity contribution in [1.29, 1.82) is 5.26 Å². The van der Waals surface area contributed by atoms with Crippen molar-refractivity contribution in [2.45, 2.75) is 19.3 Å². The fourth-order valence-electron chi connectivity index (χ4n) is 1.67. The van der Waals surface area contributed by atoms with Crippen molar-refractivity contribution in [1.82, 2.24) is 0 Å². The van der Waals surface area contributed by atoms with Gasteiger partial charge in [-0.1, -0.05) is 6.08 Å². The van der Waals surface area contributed by atoms with Crippen LogP contribution in [0.3, 0.4) is 0 Å². The summed E-state index contributed by atoms with van der Waals surface area (Å²) < 4.78 is 5.46. The third kappa shape index (κ3) is 1.23. The average molecular weight is 161 g/mol. The zero-order chi connectivity index (χ0) is 8.39. The zero-order valence-corrected chi connectivity index (χ0v) is 6.92. The Morgan fingerprint density at radius 1 is 1.58 bits per heavy atom. The molecule has 1 aliphatic heterocycles. The minimum Gasteiger partial charge on any atom is -0.492 e. The highest BCUT2D eigenvalue weighted by atomic mass is 16.5. The minimum atomic E-state index is 0.0789. The van der Waals surface area contributed by atoms with Crippen LogP contribution in [0.15, 0.2) is 23.5 Å². The monoisotopic (exact) mass is 161 g/mol. The van der Waals surface area contributed by atoms with E-state index in [9.17, 15) is 0 Å². The lowest BCUT2D eigenvalue weighted by Crippen LogP contribution is -2.16. The molecule has 0 radical (unpaired) electrons. The average Bonchev–Trinajstić information content (AvgIpc) is 2.17. The second-order valence-corrected chi connectivity index (χ2v) is 3.25. The van der Waals surface area contributed by atoms with E-state index < -0.39 is 0 Å². The van der Waals surface area contributed by atoms with Gasteiger partial charge in [-0.05, 0) is 30.9 Å². The van der Waals surface area contributed by atoms with Gasteiger partial charge in [0.15, 0.2) is 0 Å². The first-order valence-corrected chi connectivity index (χ1v) is 4.31. The van der Waals surface area contributed by atoms with Crippen LogP contribution in [0.5, 0.6) is 0 Å². The van der Waals surface area contributed by atoms with E-state index in [4.69, 9.17) is 10.00 Å². The molecule has 0 saturated carbocycles. The molecular weight excluding hydrogens is 150 g/mol. The van der Waals surface area contributed by atoms with Crippen LogP contribution in [0.2, 0.25) is 0 Å². The van der Waals surface area contributed by atoms with Crippen molar-refractivity contribution in [3.63, 3.8) is 0 Å². The number of nitriles is 1. The van der Waals surface area contributed by atoms with E-state index in [-0.39, 0.29) is 5.92 Å². The highest BCUT2D eigenvalue weighted by Gasteiger charge is 2.21. The quantitative estimate of drug-likeness (QED) is 0.545. The summed E-state index contributed by atoms with van der Waals surface area (Å²) in [5.41, 5.74) is 1.33. The summed E-state index contributed by atoms with van der Waals surface area (Å²) >= 11 is 0. The van der Waals surface area contributed by atoms with Crippen molar-refractivity contribution in [2.24, 2.45) is 5.92 Å². The van der Waals surface area contributed by atoms with Gasteiger partial charge < -0.3 is 4.74 Å². The predicted octanol–water partition coefficient (Wildman–Crippen LogP) is 2.15. The molecule has 1 unspecified atom stereocenters. The van der Waals surface area contributed by atoms with Crippen molar-refractivity contribution in [2.75, 3.05) is 6.61 Å². The van der Waals surface area contributed by atoms with Crippen LogP contribution >= 0.6 is 0 Å². The number of rotatable bonds is 0. The number of hydrogen-bond acceptors (Lipinski definition) is 2. The van der Waals surface area contributed by atoms with Crippen LogP contribution in [0.25, 0.3) is 0 Å². The molecule has 12 heavy (non-hydrogen) atoms. The summed E-state index contributed by atoms with van der Waals surface area (Å²) in [6, 6.07) is 2.25. The molecule has 2 heteroatoms. The van der Waals surface area contributed by atoms with Crippen LogP contribution in [0.4, 0.5) is 0 Å². The van der Waals surface area contributed by atoms with E-state index >= 15 is 0 Å². The molecule has 0 N–H and O–H groups in total. The van der Waals surface area contributed by atoms with Gasteiger partial charge in [0.2, 0.25) is 0 Å². The van der Waals surface area contributed by atoms with Gasteiger partial charge >= 0.3 is 0 Å². The molecule has 2 rings (SSSR count). The molecule has 0 aromatic heterocycles. The third-order valence-electron chi connectivity index (χ3n) is 2.35. The van der Waals surface area contributed by atoms with Crippen molar-refractivity contribution < 1.29 is 4.74 Å². The van der Waals surface area contributed by atoms with Crippen molar-refractivity contribution >= 4 is 0 Å². The molecule has 0 amide bonds. The Hall–Kier alpha value is -1.23. The maximum absolute atomic E-state index is 8.71. The van der Waals surface area contributed by atoms with Crippen LogP contribution < -0.4 is 0 Å². The number of hydrogen-bond donors (Lipinski definition) is 0. The number of allylic oxidation sites excluding steroid dienone is 3. The highest BCUT2D eigenvalue weighted by molar-refractivity contribution is 5.27. The zero-order valence-electron chi connectivity index (χ0n) is 6.92. The Morgan fingerprint density at radius 2 is 2.50 bits per heavy atom. The van der Waals surface area contributed by atoms with E-state index in [1.165, 1.54) is 5.57 Å². The second-order valence-electron chi connectivity index (χ2n) is 3.25. The van der Waals surface area contributed by atoms with Gasteiger partial charge in [-0.3, -0.25) is 0 Å². The molecule has 1 heterocycles. The molecule has 0 aromatic carbocycles. The van der Waals surface area contributed by atoms with E-state index in [0.717, 1.165) is 25.0 Å². The summed E-state index contributed by atoms with van der Waals surface area (Å²) in [5, 5.41) is 8.71. The molecule has 1 aliphatic carbocycles. The summed E-state index contributed by atoms with van der Waals surface area (Å²) in [6.07, 6.45) is 7.25. The van der Waals surface area contributed by atoms with E-state index in [1.807, 2.05) is 6.08 Å². The fourth-order valence-corrected chi connectivity index (χ4v) is 1.67. The standard InChI is InChI=1S/C10H11NO/c11-6-8-5-9-3-1-2-4-10(9)12-7-8/h2,4,8H,1,3,5,7H2. The summed E-state index contributed by atoms with van der Waals surface area (Å²) in [7, 11) is 0. The molecule has 0 fully saturated rings. The van der Waals surface area contributed by atoms with Crippen LogP contribution in [0, 0.1) is 17.2 Å². The van der Waals surface area contributed by atoms with Gasteiger partial charge in [-0.15, -0.1) is 0 Å². The fraction of sp³-hybridized carbons (Fsp3) is 0.500. The maximum Gasteiger partial charge on any atom is 0.118 e. The van der Waals surface area contributed by atoms with Gasteiger partial charge in [0.1, 0.15) is 12.4 Å². The smallest absolute Gasteiger partial charge is 0.118 e. The van der Waals surface area contributed by atoms with Gasteiger partial charge in [0.25, 0.3) is 0 Å². The normalized spacial score (nSPS) is 27.4. The van der Waals surface area contributed by atoms with Gasteiger partial charge in [0, 0.05) is 0 Å². The van der Waals surface area contributed by atoms with Crippen LogP contribution in [-0.4, -0.2) is 6.61 Å². The predicted molar refractivity (Wildman–Crippen MR) is 45.1 cm³/mol. The Kier molecular flexibility index (Phi) is 1.87. The Labute approximate surface area is 72.1 Å². The molecular formula is C10H11NO. The summed E-state index contributed by atoms with van der Waals surface area (Å²) in [4.78, 5) is 0. The van der Waals surface area contributed by atoms with E-state index in [0.29, 0.717) is 6.61 Å². The van der Waals surface area contributed by atoms with Gasteiger partial charge in [0.05, 0.1) is 12.0 Å². The van der Waals surface area contributed by atoms with Crippen molar-refractivity contribution in [3.05, 3.63) is 23.5 Å². The van der Waals surface area contributed by atoms with Gasteiger partial charge in [-0.2, -0.15) is 5.26 Å². The molecule has 0 spiro atoms. The molecule has 0 saturated heterocycles. The Balaban J connectivity index is 2.18. The van der Waals surface area contributed by atoms with Gasteiger partial charge in [-0.25, -0.2) is 0 Å². The Morgan fingerprint density at radius 3 is 3.33 bits per heavy atom. The molecule has 2 aliphatic rings. The molecule has 0 bridgehead atoms. The molecule has 2 nitrogen and oxygen atoms in total. The third-order valence-corrected chi connectivity index (χ3v) is 2.35. The van der Waals surface area contributed by atoms with Crippen molar-refractivity contribution in [3.8, 4) is 6.07 Å². The summed E-state index contributed by atoms with van der Waals surface area (Å²) in [5.74, 6) is 1.10. The van der Waals surface area contributed by atoms with E-state index in [2.05, 4.69) is 12.1 Å². The minimum absolute atomic E-state index is 0.0789. The molecule has 62 valence electrons. The number of ether oxygens (including phenoxy) is 1. The molecule has 1 atom stereocenters. The first-order chi connectivity index (χ1) is 5.90. The first-order valence-electron chi connectivity index (χ1n) is 4.31. The highest BCUT2D eigenvalue weighted by Crippen LogP contribution is 2.30. The lowest BCUT2D eigenvalue weighted by atomic mass is 9.92. The van der Waals surface area contributed by atoms with Crippen LogP contribution in [0.1, 0.15) is 19.3 Å². The Bertz CT molecular complexity index is 283. The van der Waals surface area contributed by atoms with Crippen LogP contribution in [-0.2, 0) is 4.74 Å². The maximum atomic E-state index is 8.71. The first kappa shape index (κ1) is 7.42. The second kappa shape index (κ2) is 3.02. The summed E-state index contributed by atoms with van der Waals surface area (Å²) in [6.45, 7) is 0.569. The number of nitrogens with zero attached hydrogens (tertiary/aromatic N) is 1.